The third kappa shape index (κ3) is 7.54. The van der Waals surface area contributed by atoms with Gasteiger partial charge in [0.15, 0.2) is 0 Å². The number of ether oxygens (including phenoxy) is 1. The second-order valence-electron chi connectivity index (χ2n) is 8.18. The number of benzene rings is 3. The number of aryl methyl sites for hydroxylation is 1. The Kier molecular flexibility index (Phi) is 10.1. The quantitative estimate of drug-likeness (QED) is 0.310. The molecule has 0 aliphatic carbocycles. The number of aliphatic carboxylic acids is 1. The maximum Gasteiger partial charge on any atom is 0.326 e. The third-order valence-electron chi connectivity index (χ3n) is 5.67. The van der Waals surface area contributed by atoms with Gasteiger partial charge in [0.1, 0.15) is 11.8 Å². The first-order chi connectivity index (χ1) is 16.9. The van der Waals surface area contributed by atoms with Crippen LogP contribution in [-0.2, 0) is 16.3 Å². The summed E-state index contributed by atoms with van der Waals surface area (Å²) in [4.78, 5) is 24.9. The number of carboxylic acid groups (broad SMARTS) is 1. The lowest BCUT2D eigenvalue weighted by Gasteiger charge is -2.17. The Hall–Kier alpha value is -2.90. The van der Waals surface area contributed by atoms with Crippen LogP contribution in [-0.4, -0.2) is 42.1 Å². The summed E-state index contributed by atoms with van der Waals surface area (Å²) >= 11 is 3.36. The lowest BCUT2D eigenvalue weighted by molar-refractivity contribution is -0.139. The van der Waals surface area contributed by atoms with Crippen molar-refractivity contribution in [2.24, 2.45) is 0 Å². The molecule has 0 aliphatic rings. The first kappa shape index (κ1) is 26.7. The number of hydrogen-bond donors (Lipinski definition) is 2. The van der Waals surface area contributed by atoms with Gasteiger partial charge >= 0.3 is 5.97 Å². The van der Waals surface area contributed by atoms with Crippen LogP contribution in [0.25, 0.3) is 11.1 Å². The molecule has 5 nitrogen and oxygen atoms in total. The van der Waals surface area contributed by atoms with Gasteiger partial charge in [-0.15, -0.1) is 0 Å². The van der Waals surface area contributed by atoms with E-state index < -0.39 is 12.0 Å². The SMILES string of the molecule is COc1ccc(CSCc2ccc(C(=O)N[C@@H](CCSC)C(=O)O)c(-c3ccccc3C)c2)cc1. The number of carboxylic acids is 1. The van der Waals surface area contributed by atoms with Crippen molar-refractivity contribution in [2.45, 2.75) is 30.9 Å². The molecule has 0 heterocycles. The zero-order valence-electron chi connectivity index (χ0n) is 20.2. The summed E-state index contributed by atoms with van der Waals surface area (Å²) in [7, 11) is 1.66. The minimum atomic E-state index is -1.02. The highest BCUT2D eigenvalue weighted by atomic mass is 32.2. The van der Waals surface area contributed by atoms with Crippen LogP contribution in [0.15, 0.2) is 66.7 Å². The van der Waals surface area contributed by atoms with E-state index in [9.17, 15) is 14.7 Å². The molecule has 7 heteroatoms. The predicted molar refractivity (Wildman–Crippen MR) is 146 cm³/mol. The van der Waals surface area contributed by atoms with Crippen molar-refractivity contribution in [3.05, 3.63) is 89.0 Å². The monoisotopic (exact) mass is 509 g/mol. The first-order valence-electron chi connectivity index (χ1n) is 11.3. The second-order valence-corrected chi connectivity index (χ2v) is 10.2. The summed E-state index contributed by atoms with van der Waals surface area (Å²) in [6.07, 6.45) is 2.30. The van der Waals surface area contributed by atoms with Crippen LogP contribution in [0, 0.1) is 6.92 Å². The van der Waals surface area contributed by atoms with Gasteiger partial charge in [0.25, 0.3) is 5.91 Å². The Labute approximate surface area is 215 Å². The molecule has 3 aromatic rings. The molecule has 0 radical (unpaired) electrons. The van der Waals surface area contributed by atoms with Gasteiger partial charge in [-0.25, -0.2) is 4.79 Å². The number of carbonyl (C=O) groups is 2. The molecule has 0 aromatic heterocycles. The standard InChI is InChI=1S/C28H31NO4S2/c1-19-6-4-5-7-23(19)25-16-21(18-35-17-20-8-11-22(33-2)12-9-20)10-13-24(25)27(30)29-26(28(31)32)14-15-34-3/h4-13,16,26H,14-15,17-18H2,1-3H3,(H,29,30)(H,31,32)/t26-/m0/s1. The molecule has 1 atom stereocenters. The largest absolute Gasteiger partial charge is 0.497 e. The molecule has 3 rings (SSSR count). The minimum absolute atomic E-state index is 0.366. The van der Waals surface area contributed by atoms with Crippen molar-refractivity contribution in [1.82, 2.24) is 5.32 Å². The number of amides is 1. The lowest BCUT2D eigenvalue weighted by atomic mass is 9.94. The van der Waals surface area contributed by atoms with Crippen LogP contribution < -0.4 is 10.1 Å². The highest BCUT2D eigenvalue weighted by molar-refractivity contribution is 7.98. The van der Waals surface area contributed by atoms with Crippen molar-refractivity contribution in [3.8, 4) is 16.9 Å². The van der Waals surface area contributed by atoms with E-state index in [1.54, 1.807) is 30.6 Å². The van der Waals surface area contributed by atoms with Crippen molar-refractivity contribution in [1.29, 1.82) is 0 Å². The smallest absolute Gasteiger partial charge is 0.326 e. The second kappa shape index (κ2) is 13.3. The Morgan fingerprint density at radius 2 is 1.66 bits per heavy atom. The fraction of sp³-hybridized carbons (Fsp3) is 0.286. The molecular formula is C28H31NO4S2. The van der Waals surface area contributed by atoms with Gasteiger partial charge in [0.2, 0.25) is 0 Å². The molecular weight excluding hydrogens is 478 g/mol. The summed E-state index contributed by atoms with van der Waals surface area (Å²) in [5.74, 6) is 1.77. The van der Waals surface area contributed by atoms with Crippen molar-refractivity contribution >= 4 is 35.4 Å². The highest BCUT2D eigenvalue weighted by Gasteiger charge is 2.22. The van der Waals surface area contributed by atoms with Gasteiger partial charge in [-0.3, -0.25) is 4.79 Å². The predicted octanol–water partition coefficient (Wildman–Crippen LogP) is 6.04. The average Bonchev–Trinajstić information content (AvgIpc) is 2.87. The molecule has 35 heavy (non-hydrogen) atoms. The van der Waals surface area contributed by atoms with Gasteiger partial charge in [-0.05, 0) is 77.4 Å². The molecule has 0 saturated heterocycles. The third-order valence-corrected chi connectivity index (χ3v) is 7.39. The summed E-state index contributed by atoms with van der Waals surface area (Å²) in [6, 6.07) is 20.9. The molecule has 184 valence electrons. The Morgan fingerprint density at radius 1 is 0.971 bits per heavy atom. The molecule has 0 spiro atoms. The van der Waals surface area contributed by atoms with Crippen molar-refractivity contribution in [2.75, 3.05) is 19.1 Å². The Balaban J connectivity index is 1.82. The molecule has 3 aromatic carbocycles. The molecule has 0 fully saturated rings. The van der Waals surface area contributed by atoms with E-state index in [1.165, 1.54) is 5.56 Å². The molecule has 1 amide bonds. The van der Waals surface area contributed by atoms with Crippen LogP contribution >= 0.6 is 23.5 Å². The number of carbonyl (C=O) groups excluding carboxylic acids is 1. The van der Waals surface area contributed by atoms with Crippen LogP contribution in [0.3, 0.4) is 0 Å². The fourth-order valence-corrected chi connectivity index (χ4v) is 5.13. The maximum atomic E-state index is 13.2. The van der Waals surface area contributed by atoms with Crippen LogP contribution in [0.4, 0.5) is 0 Å². The Morgan fingerprint density at radius 3 is 2.31 bits per heavy atom. The Bertz CT molecular complexity index is 1150. The van der Waals surface area contributed by atoms with E-state index in [-0.39, 0.29) is 5.91 Å². The number of methoxy groups -OCH3 is 1. The lowest BCUT2D eigenvalue weighted by Crippen LogP contribution is -2.41. The zero-order chi connectivity index (χ0) is 25.2. The fourth-order valence-electron chi connectivity index (χ4n) is 3.71. The highest BCUT2D eigenvalue weighted by Crippen LogP contribution is 2.30. The molecule has 0 aliphatic heterocycles. The van der Waals surface area contributed by atoms with Gasteiger partial charge in [-0.1, -0.05) is 42.5 Å². The summed E-state index contributed by atoms with van der Waals surface area (Å²) in [5, 5.41) is 12.3. The van der Waals surface area contributed by atoms with Gasteiger partial charge in [0, 0.05) is 17.1 Å². The van der Waals surface area contributed by atoms with Crippen LogP contribution in [0.1, 0.15) is 33.5 Å². The van der Waals surface area contributed by atoms with E-state index >= 15 is 0 Å². The van der Waals surface area contributed by atoms with E-state index in [0.717, 1.165) is 39.5 Å². The molecule has 0 bridgehead atoms. The van der Waals surface area contributed by atoms with E-state index in [1.807, 2.05) is 61.7 Å². The van der Waals surface area contributed by atoms with E-state index in [2.05, 4.69) is 23.5 Å². The van der Waals surface area contributed by atoms with Crippen LogP contribution in [0.5, 0.6) is 5.75 Å². The number of hydrogen-bond acceptors (Lipinski definition) is 5. The summed E-state index contributed by atoms with van der Waals surface area (Å²) < 4.78 is 5.22. The first-order valence-corrected chi connectivity index (χ1v) is 13.9. The molecule has 0 saturated carbocycles. The average molecular weight is 510 g/mol. The topological polar surface area (TPSA) is 75.6 Å². The maximum absolute atomic E-state index is 13.2. The van der Waals surface area contributed by atoms with Gasteiger partial charge < -0.3 is 15.2 Å². The van der Waals surface area contributed by atoms with Crippen molar-refractivity contribution < 1.29 is 19.4 Å². The molecule has 0 unspecified atom stereocenters. The van der Waals surface area contributed by atoms with Gasteiger partial charge in [0.05, 0.1) is 7.11 Å². The number of thioether (sulfide) groups is 2. The zero-order valence-corrected chi connectivity index (χ0v) is 21.9. The molecule has 2 N–H and O–H groups in total. The number of nitrogens with one attached hydrogen (secondary N) is 1. The summed E-state index contributed by atoms with van der Waals surface area (Å²) in [5.41, 5.74) is 5.65. The van der Waals surface area contributed by atoms with Crippen molar-refractivity contribution in [3.63, 3.8) is 0 Å². The summed E-state index contributed by atoms with van der Waals surface area (Å²) in [6.45, 7) is 2.01. The van der Waals surface area contributed by atoms with Crippen LogP contribution in [0.2, 0.25) is 0 Å². The number of rotatable bonds is 12. The van der Waals surface area contributed by atoms with E-state index in [4.69, 9.17) is 4.74 Å². The van der Waals surface area contributed by atoms with Gasteiger partial charge in [-0.2, -0.15) is 23.5 Å². The normalized spacial score (nSPS) is 11.6. The van der Waals surface area contributed by atoms with E-state index in [0.29, 0.717) is 17.7 Å². The minimum Gasteiger partial charge on any atom is -0.497 e.